The van der Waals surface area contributed by atoms with Crippen LogP contribution in [0.2, 0.25) is 0 Å². The van der Waals surface area contributed by atoms with Crippen LogP contribution in [0, 0.1) is 0 Å². The number of nitrogens with two attached hydrogens (primary N) is 1. The largest absolute Gasteiger partial charge is 0.472 e. The molecule has 0 saturated carbocycles. The van der Waals surface area contributed by atoms with Crippen LogP contribution in [0.25, 0.3) is 0 Å². The second-order valence-corrected chi connectivity index (χ2v) is 16.5. The number of carbonyl (C=O) groups excluding carboxylic acids is 1. The van der Waals surface area contributed by atoms with Gasteiger partial charge in [-0.15, -0.1) is 0 Å². The Hall–Kier alpha value is -1.32. The van der Waals surface area contributed by atoms with Gasteiger partial charge in [-0.05, 0) is 51.4 Å². The van der Waals surface area contributed by atoms with Crippen LogP contribution < -0.4 is 11.1 Å². The Morgan fingerprint density at radius 1 is 0.648 bits per heavy atom. The molecule has 54 heavy (non-hydrogen) atoms. The standard InChI is InChI=1S/C44H85N2O7P/c1-3-5-7-9-11-13-15-16-17-18-19-20-21-22-23-24-26-27-29-31-33-35-41(47)39-44(49)46-42(40-53-54(50,51)52-38-37-45)43(48)36-34-32-30-28-25-14-12-10-8-6-4-2/h19-20,22-23,34,36,41-43,47-48H,3-18,21,24-33,35,37-40,45H2,1-2H3,(H,46,49)(H,50,51)/b20-19-,23-22-,36-34+. The van der Waals surface area contributed by atoms with E-state index in [2.05, 4.69) is 43.5 Å². The Balaban J connectivity index is 4.25. The monoisotopic (exact) mass is 785 g/mol. The minimum Gasteiger partial charge on any atom is -0.393 e. The van der Waals surface area contributed by atoms with Crippen molar-refractivity contribution in [3.8, 4) is 0 Å². The van der Waals surface area contributed by atoms with Crippen molar-refractivity contribution in [3.05, 3.63) is 36.5 Å². The molecule has 0 radical (unpaired) electrons. The number of rotatable bonds is 41. The first kappa shape index (κ1) is 52.7. The predicted molar refractivity (Wildman–Crippen MR) is 227 cm³/mol. The predicted octanol–water partition coefficient (Wildman–Crippen LogP) is 11.3. The van der Waals surface area contributed by atoms with E-state index in [4.69, 9.17) is 14.8 Å². The molecule has 9 nitrogen and oxygen atoms in total. The van der Waals surface area contributed by atoms with E-state index >= 15 is 0 Å². The molecule has 6 N–H and O–H groups in total. The molecule has 0 aromatic heterocycles. The maximum absolute atomic E-state index is 12.8. The van der Waals surface area contributed by atoms with Crippen molar-refractivity contribution < 1.29 is 33.5 Å². The van der Waals surface area contributed by atoms with Gasteiger partial charge in [-0.2, -0.15) is 0 Å². The molecule has 4 atom stereocenters. The molecule has 0 aromatic carbocycles. The third kappa shape index (κ3) is 37.6. The molecule has 0 aliphatic rings. The summed E-state index contributed by atoms with van der Waals surface area (Å²) in [4.78, 5) is 22.7. The van der Waals surface area contributed by atoms with Gasteiger partial charge in [0.25, 0.3) is 0 Å². The summed E-state index contributed by atoms with van der Waals surface area (Å²) in [6, 6.07) is -0.986. The number of phosphoric acid groups is 1. The number of nitrogens with one attached hydrogen (secondary N) is 1. The molecule has 0 rings (SSSR count). The van der Waals surface area contributed by atoms with Crippen LogP contribution in [-0.4, -0.2) is 59.0 Å². The Kier molecular flexibility index (Phi) is 38.9. The first-order valence-electron chi connectivity index (χ1n) is 22.2. The van der Waals surface area contributed by atoms with Gasteiger partial charge in [0.05, 0.1) is 37.9 Å². The van der Waals surface area contributed by atoms with Crippen LogP contribution in [-0.2, 0) is 18.4 Å². The first-order valence-corrected chi connectivity index (χ1v) is 23.7. The Labute approximate surface area is 332 Å². The zero-order valence-electron chi connectivity index (χ0n) is 34.8. The number of allylic oxidation sites excluding steroid dienone is 5. The maximum atomic E-state index is 12.8. The highest BCUT2D eigenvalue weighted by Crippen LogP contribution is 2.43. The third-order valence-electron chi connectivity index (χ3n) is 9.76. The van der Waals surface area contributed by atoms with Gasteiger partial charge >= 0.3 is 7.82 Å². The number of carbonyl (C=O) groups is 1. The van der Waals surface area contributed by atoms with Crippen LogP contribution in [0.4, 0.5) is 0 Å². The number of phosphoric ester groups is 1. The summed E-state index contributed by atoms with van der Waals surface area (Å²) >= 11 is 0. The van der Waals surface area contributed by atoms with Crippen molar-refractivity contribution in [2.75, 3.05) is 19.8 Å². The van der Waals surface area contributed by atoms with E-state index in [1.807, 2.05) is 6.08 Å². The van der Waals surface area contributed by atoms with E-state index in [1.54, 1.807) is 6.08 Å². The van der Waals surface area contributed by atoms with Crippen LogP contribution in [0.5, 0.6) is 0 Å². The Morgan fingerprint density at radius 3 is 1.57 bits per heavy atom. The highest BCUT2D eigenvalue weighted by Gasteiger charge is 2.27. The average molecular weight is 785 g/mol. The number of hydrogen-bond donors (Lipinski definition) is 5. The van der Waals surface area contributed by atoms with E-state index in [0.717, 1.165) is 64.2 Å². The normalized spacial score (nSPS) is 15.0. The number of unbranched alkanes of at least 4 members (excludes halogenated alkanes) is 23. The van der Waals surface area contributed by atoms with E-state index in [0.29, 0.717) is 6.42 Å². The summed E-state index contributed by atoms with van der Waals surface area (Å²) in [5, 5.41) is 24.0. The van der Waals surface area contributed by atoms with Crippen LogP contribution in [0.15, 0.2) is 36.5 Å². The van der Waals surface area contributed by atoms with Crippen molar-refractivity contribution in [1.29, 1.82) is 0 Å². The lowest BCUT2D eigenvalue weighted by Gasteiger charge is -2.24. The zero-order chi connectivity index (χ0) is 39.8. The van der Waals surface area contributed by atoms with E-state index < -0.39 is 38.6 Å². The fourth-order valence-electron chi connectivity index (χ4n) is 6.38. The second kappa shape index (κ2) is 39.9. The van der Waals surface area contributed by atoms with Crippen LogP contribution >= 0.6 is 7.82 Å². The van der Waals surface area contributed by atoms with Gasteiger partial charge in [0.2, 0.25) is 5.91 Å². The Bertz CT molecular complexity index is 961. The van der Waals surface area contributed by atoms with E-state index in [9.17, 15) is 24.5 Å². The van der Waals surface area contributed by atoms with E-state index in [1.165, 1.54) is 109 Å². The number of aliphatic hydroxyl groups excluding tert-OH is 2. The van der Waals surface area contributed by atoms with Gasteiger partial charge in [-0.1, -0.05) is 179 Å². The van der Waals surface area contributed by atoms with Gasteiger partial charge in [-0.3, -0.25) is 13.8 Å². The fraction of sp³-hybridized carbons (Fsp3) is 0.841. The lowest BCUT2D eigenvalue weighted by Crippen LogP contribution is -2.46. The molecule has 318 valence electrons. The molecule has 0 bridgehead atoms. The summed E-state index contributed by atoms with van der Waals surface area (Å²) < 4.78 is 22.0. The Morgan fingerprint density at radius 2 is 1.09 bits per heavy atom. The van der Waals surface area contributed by atoms with Gasteiger partial charge in [0.1, 0.15) is 0 Å². The van der Waals surface area contributed by atoms with E-state index in [-0.39, 0.29) is 19.6 Å². The number of amides is 1. The van der Waals surface area contributed by atoms with Crippen LogP contribution in [0.1, 0.15) is 200 Å². The molecule has 0 aromatic rings. The third-order valence-corrected chi connectivity index (χ3v) is 10.7. The smallest absolute Gasteiger partial charge is 0.393 e. The molecule has 4 unspecified atom stereocenters. The summed E-state index contributed by atoms with van der Waals surface area (Å²) in [5.74, 6) is -0.455. The number of aliphatic hydroxyl groups is 2. The molecule has 0 spiro atoms. The molecular weight excluding hydrogens is 699 g/mol. The van der Waals surface area contributed by atoms with Crippen molar-refractivity contribution >= 4 is 13.7 Å². The maximum Gasteiger partial charge on any atom is 0.472 e. The van der Waals surface area contributed by atoms with Gasteiger partial charge in [0, 0.05) is 6.54 Å². The minimum absolute atomic E-state index is 0.0467. The van der Waals surface area contributed by atoms with Gasteiger partial charge < -0.3 is 26.2 Å². The molecule has 10 heteroatoms. The zero-order valence-corrected chi connectivity index (χ0v) is 35.7. The number of hydrogen-bond acceptors (Lipinski definition) is 7. The molecule has 0 heterocycles. The second-order valence-electron chi connectivity index (χ2n) is 15.1. The van der Waals surface area contributed by atoms with Gasteiger partial charge in [-0.25, -0.2) is 4.57 Å². The van der Waals surface area contributed by atoms with Crippen LogP contribution in [0.3, 0.4) is 0 Å². The lowest BCUT2D eigenvalue weighted by molar-refractivity contribution is -0.124. The molecule has 0 aliphatic heterocycles. The molecule has 0 aliphatic carbocycles. The molecule has 0 saturated heterocycles. The van der Waals surface area contributed by atoms with Crippen molar-refractivity contribution in [2.24, 2.45) is 5.73 Å². The van der Waals surface area contributed by atoms with Crippen molar-refractivity contribution in [2.45, 2.75) is 218 Å². The summed E-state index contributed by atoms with van der Waals surface area (Å²) in [7, 11) is -4.40. The lowest BCUT2D eigenvalue weighted by atomic mass is 10.0. The van der Waals surface area contributed by atoms with Crippen molar-refractivity contribution in [1.82, 2.24) is 5.32 Å². The average Bonchev–Trinajstić information content (AvgIpc) is 3.15. The summed E-state index contributed by atoms with van der Waals surface area (Å²) in [6.45, 7) is 3.95. The van der Waals surface area contributed by atoms with Crippen molar-refractivity contribution in [3.63, 3.8) is 0 Å². The first-order chi connectivity index (χ1) is 26.3. The topological polar surface area (TPSA) is 151 Å². The molecule has 1 amide bonds. The SMILES string of the molecule is CCCCCCCCCCC/C=C\C/C=C\CCCCCCCC(O)CC(=O)NC(COP(=O)(O)OCCN)C(O)/C=C/CCCCCCCCCCC. The quantitative estimate of drug-likeness (QED) is 0.0233. The minimum atomic E-state index is -4.40. The fourth-order valence-corrected chi connectivity index (χ4v) is 7.14. The molecular formula is C44H85N2O7P. The highest BCUT2D eigenvalue weighted by atomic mass is 31.2. The summed E-state index contributed by atoms with van der Waals surface area (Å²) in [5.41, 5.74) is 5.35. The summed E-state index contributed by atoms with van der Waals surface area (Å²) in [6.07, 6.45) is 43.8. The molecule has 0 fully saturated rings. The van der Waals surface area contributed by atoms with Gasteiger partial charge in [0.15, 0.2) is 0 Å². The highest BCUT2D eigenvalue weighted by molar-refractivity contribution is 7.47.